The van der Waals surface area contributed by atoms with Crippen LogP contribution in [0.15, 0.2) is 17.0 Å². The van der Waals surface area contributed by atoms with Gasteiger partial charge in [-0.15, -0.1) is 10.2 Å². The van der Waals surface area contributed by atoms with E-state index in [1.807, 2.05) is 10.6 Å². The summed E-state index contributed by atoms with van der Waals surface area (Å²) < 4.78 is 2.83. The second-order valence-electron chi connectivity index (χ2n) is 6.28. The van der Waals surface area contributed by atoms with Gasteiger partial charge in [0, 0.05) is 25.3 Å². The Morgan fingerprint density at radius 2 is 2.10 bits per heavy atom. The first kappa shape index (κ1) is 13.5. The SMILES string of the molecule is N[C@H]1CCCC12CCN(c1ncc(Br)c3nncn13)CC2. The Labute approximate surface area is 131 Å². The summed E-state index contributed by atoms with van der Waals surface area (Å²) in [6.07, 6.45) is 9.63. The van der Waals surface area contributed by atoms with Gasteiger partial charge in [0.05, 0.1) is 4.47 Å². The number of rotatable bonds is 1. The van der Waals surface area contributed by atoms with Crippen LogP contribution in [-0.4, -0.2) is 38.7 Å². The molecule has 1 aliphatic carbocycles. The lowest BCUT2D eigenvalue weighted by Crippen LogP contribution is -2.47. The van der Waals surface area contributed by atoms with Gasteiger partial charge in [-0.2, -0.15) is 0 Å². The van der Waals surface area contributed by atoms with Crippen LogP contribution < -0.4 is 10.6 Å². The van der Waals surface area contributed by atoms with E-state index in [4.69, 9.17) is 5.73 Å². The molecule has 7 heteroatoms. The molecule has 2 aliphatic rings. The molecule has 2 N–H and O–H groups in total. The van der Waals surface area contributed by atoms with Crippen LogP contribution in [0, 0.1) is 5.41 Å². The van der Waals surface area contributed by atoms with E-state index in [1.165, 1.54) is 19.3 Å². The maximum atomic E-state index is 6.36. The molecule has 2 aromatic rings. The van der Waals surface area contributed by atoms with Crippen molar-refractivity contribution in [1.29, 1.82) is 0 Å². The number of piperidine rings is 1. The standard InChI is InChI=1S/C14H19BrN6/c15-10-8-17-13(21-9-18-19-12(10)21)20-6-4-14(5-7-20)3-1-2-11(14)16/h8-9,11H,1-7,16H2/t11-/m0/s1. The van der Waals surface area contributed by atoms with Gasteiger partial charge in [-0.25, -0.2) is 9.38 Å². The molecule has 1 aliphatic heterocycles. The van der Waals surface area contributed by atoms with Gasteiger partial charge in [-0.05, 0) is 47.0 Å². The number of aromatic nitrogens is 4. The zero-order valence-electron chi connectivity index (χ0n) is 11.9. The van der Waals surface area contributed by atoms with E-state index in [1.54, 1.807) is 6.33 Å². The highest BCUT2D eigenvalue weighted by atomic mass is 79.9. The molecule has 0 unspecified atom stereocenters. The predicted octanol–water partition coefficient (Wildman–Crippen LogP) is 1.98. The van der Waals surface area contributed by atoms with Crippen molar-refractivity contribution in [3.05, 3.63) is 17.0 Å². The Hall–Kier alpha value is -1.21. The summed E-state index contributed by atoms with van der Waals surface area (Å²) in [5, 5.41) is 8.13. The predicted molar refractivity (Wildman–Crippen MR) is 84.2 cm³/mol. The van der Waals surface area contributed by atoms with E-state index in [-0.39, 0.29) is 0 Å². The number of anilines is 1. The largest absolute Gasteiger partial charge is 0.342 e. The van der Waals surface area contributed by atoms with Gasteiger partial charge in [0.2, 0.25) is 5.95 Å². The number of hydrogen-bond acceptors (Lipinski definition) is 5. The summed E-state index contributed by atoms with van der Waals surface area (Å²) in [5.74, 6) is 0.930. The van der Waals surface area contributed by atoms with Gasteiger partial charge in [0.15, 0.2) is 5.65 Å². The first-order valence-corrected chi connectivity index (χ1v) is 8.34. The highest BCUT2D eigenvalue weighted by molar-refractivity contribution is 9.10. The van der Waals surface area contributed by atoms with Crippen LogP contribution in [0.4, 0.5) is 5.95 Å². The molecular weight excluding hydrogens is 332 g/mol. The zero-order valence-corrected chi connectivity index (χ0v) is 13.5. The van der Waals surface area contributed by atoms with Gasteiger partial charge < -0.3 is 10.6 Å². The minimum atomic E-state index is 0.373. The van der Waals surface area contributed by atoms with E-state index in [2.05, 4.69) is 36.0 Å². The van der Waals surface area contributed by atoms with Crippen LogP contribution in [0.3, 0.4) is 0 Å². The van der Waals surface area contributed by atoms with Crippen molar-refractivity contribution in [3.63, 3.8) is 0 Å². The van der Waals surface area contributed by atoms with Gasteiger partial charge in [-0.3, -0.25) is 0 Å². The monoisotopic (exact) mass is 350 g/mol. The van der Waals surface area contributed by atoms with Crippen LogP contribution in [-0.2, 0) is 0 Å². The van der Waals surface area contributed by atoms with Crippen LogP contribution in [0.1, 0.15) is 32.1 Å². The quantitative estimate of drug-likeness (QED) is 0.851. The molecule has 21 heavy (non-hydrogen) atoms. The van der Waals surface area contributed by atoms with Crippen molar-refractivity contribution in [3.8, 4) is 0 Å². The Morgan fingerprint density at radius 3 is 2.81 bits per heavy atom. The Balaban J connectivity index is 1.61. The molecule has 3 heterocycles. The summed E-state index contributed by atoms with van der Waals surface area (Å²) in [7, 11) is 0. The molecule has 1 atom stereocenters. The average Bonchev–Trinajstić information content (AvgIpc) is 3.10. The number of nitrogens with two attached hydrogens (primary N) is 1. The number of hydrogen-bond donors (Lipinski definition) is 1. The first-order chi connectivity index (χ1) is 10.2. The summed E-state index contributed by atoms with van der Waals surface area (Å²) in [6.45, 7) is 2.02. The summed E-state index contributed by atoms with van der Waals surface area (Å²) in [5.41, 5.74) is 7.55. The molecule has 0 aromatic carbocycles. The zero-order chi connectivity index (χ0) is 14.4. The smallest absolute Gasteiger partial charge is 0.212 e. The van der Waals surface area contributed by atoms with Crippen molar-refractivity contribution in [1.82, 2.24) is 19.6 Å². The van der Waals surface area contributed by atoms with Gasteiger partial charge in [-0.1, -0.05) is 6.42 Å². The third kappa shape index (κ3) is 2.05. The molecule has 1 saturated heterocycles. The molecular formula is C14H19BrN6. The molecule has 112 valence electrons. The van der Waals surface area contributed by atoms with Gasteiger partial charge in [0.25, 0.3) is 0 Å². The molecule has 2 aromatic heterocycles. The van der Waals surface area contributed by atoms with Crippen molar-refractivity contribution in [2.24, 2.45) is 11.1 Å². The van der Waals surface area contributed by atoms with Gasteiger partial charge in [0.1, 0.15) is 6.33 Å². The second-order valence-corrected chi connectivity index (χ2v) is 7.13. The topological polar surface area (TPSA) is 72.3 Å². The first-order valence-electron chi connectivity index (χ1n) is 7.54. The van der Waals surface area contributed by atoms with Crippen molar-refractivity contribution in [2.45, 2.75) is 38.1 Å². The lowest BCUT2D eigenvalue weighted by atomic mass is 9.74. The van der Waals surface area contributed by atoms with Crippen molar-refractivity contribution < 1.29 is 0 Å². The van der Waals surface area contributed by atoms with Crippen LogP contribution >= 0.6 is 15.9 Å². The van der Waals surface area contributed by atoms with E-state index in [9.17, 15) is 0 Å². The third-order valence-corrected chi connectivity index (χ3v) is 5.85. The molecule has 1 saturated carbocycles. The fourth-order valence-electron chi connectivity index (χ4n) is 3.95. The van der Waals surface area contributed by atoms with E-state index < -0.39 is 0 Å². The Kier molecular flexibility index (Phi) is 3.15. The van der Waals surface area contributed by atoms with E-state index in [0.717, 1.165) is 42.0 Å². The number of nitrogens with zero attached hydrogens (tertiary/aromatic N) is 5. The molecule has 4 rings (SSSR count). The highest BCUT2D eigenvalue weighted by Gasteiger charge is 2.43. The van der Waals surface area contributed by atoms with E-state index in [0.29, 0.717) is 11.5 Å². The number of fused-ring (bicyclic) bond motifs is 1. The van der Waals surface area contributed by atoms with Crippen LogP contribution in [0.2, 0.25) is 0 Å². The van der Waals surface area contributed by atoms with Crippen molar-refractivity contribution >= 4 is 27.5 Å². The van der Waals surface area contributed by atoms with Gasteiger partial charge >= 0.3 is 0 Å². The average molecular weight is 351 g/mol. The summed E-state index contributed by atoms with van der Waals surface area (Å²) in [4.78, 5) is 6.90. The third-order valence-electron chi connectivity index (χ3n) is 5.29. The molecule has 0 radical (unpaired) electrons. The molecule has 6 nitrogen and oxygen atoms in total. The lowest BCUT2D eigenvalue weighted by molar-refractivity contribution is 0.197. The Bertz CT molecular complexity index is 661. The highest BCUT2D eigenvalue weighted by Crippen LogP contribution is 2.45. The van der Waals surface area contributed by atoms with Crippen LogP contribution in [0.25, 0.3) is 5.65 Å². The minimum absolute atomic E-state index is 0.373. The second kappa shape index (κ2) is 4.91. The summed E-state index contributed by atoms with van der Waals surface area (Å²) in [6, 6.07) is 0.382. The van der Waals surface area contributed by atoms with Crippen molar-refractivity contribution in [2.75, 3.05) is 18.0 Å². The normalized spacial score (nSPS) is 25.0. The lowest BCUT2D eigenvalue weighted by Gasteiger charge is -2.42. The number of halogens is 1. The molecule has 2 fully saturated rings. The van der Waals surface area contributed by atoms with Crippen LogP contribution in [0.5, 0.6) is 0 Å². The molecule has 0 amide bonds. The van der Waals surface area contributed by atoms with E-state index >= 15 is 0 Å². The molecule has 0 bridgehead atoms. The Morgan fingerprint density at radius 1 is 1.29 bits per heavy atom. The fraction of sp³-hybridized carbons (Fsp3) is 0.643. The summed E-state index contributed by atoms with van der Waals surface area (Å²) >= 11 is 3.47. The maximum Gasteiger partial charge on any atom is 0.212 e. The minimum Gasteiger partial charge on any atom is -0.342 e. The maximum absolute atomic E-state index is 6.36. The molecule has 1 spiro atoms. The fourth-order valence-corrected chi connectivity index (χ4v) is 4.32.